The molecule has 0 spiro atoms. The van der Waals surface area contributed by atoms with Gasteiger partial charge in [-0.2, -0.15) is 0 Å². The molecule has 116 valence electrons. The molecular weight excluding hydrogens is 262 g/mol. The second-order valence-electron chi connectivity index (χ2n) is 6.58. The molecule has 0 bridgehead atoms. The summed E-state index contributed by atoms with van der Waals surface area (Å²) in [6.45, 7) is 6.82. The summed E-state index contributed by atoms with van der Waals surface area (Å²) in [6.07, 6.45) is 3.52. The third kappa shape index (κ3) is 3.39. The summed E-state index contributed by atoms with van der Waals surface area (Å²) < 4.78 is 0. The van der Waals surface area contributed by atoms with Gasteiger partial charge in [-0.25, -0.2) is 0 Å². The van der Waals surface area contributed by atoms with Crippen molar-refractivity contribution in [3.05, 3.63) is 29.8 Å². The molecule has 0 aliphatic carbocycles. The van der Waals surface area contributed by atoms with Gasteiger partial charge >= 0.3 is 0 Å². The number of nitrogens with two attached hydrogens (primary N) is 1. The maximum Gasteiger partial charge on any atom is 0.115 e. The van der Waals surface area contributed by atoms with E-state index in [4.69, 9.17) is 5.73 Å². The first-order chi connectivity index (χ1) is 10.1. The summed E-state index contributed by atoms with van der Waals surface area (Å²) >= 11 is 0. The number of aromatic hydroxyl groups is 1. The van der Waals surface area contributed by atoms with Crippen LogP contribution in [0.3, 0.4) is 0 Å². The number of phenolic OH excluding ortho intramolecular Hbond substituents is 1. The van der Waals surface area contributed by atoms with E-state index >= 15 is 0 Å². The zero-order valence-corrected chi connectivity index (χ0v) is 12.9. The van der Waals surface area contributed by atoms with E-state index in [0.29, 0.717) is 23.9 Å². The Labute approximate surface area is 127 Å². The average Bonchev–Trinajstić information content (AvgIpc) is 2.97. The second kappa shape index (κ2) is 6.34. The fourth-order valence-electron chi connectivity index (χ4n) is 3.70. The lowest BCUT2D eigenvalue weighted by molar-refractivity contribution is 0.146. The van der Waals surface area contributed by atoms with Crippen molar-refractivity contribution in [2.24, 2.45) is 5.73 Å². The predicted molar refractivity (Wildman–Crippen MR) is 85.3 cm³/mol. The first-order valence-electron chi connectivity index (χ1n) is 8.16. The summed E-state index contributed by atoms with van der Waals surface area (Å²) in [7, 11) is 0. The van der Waals surface area contributed by atoms with Gasteiger partial charge < -0.3 is 10.8 Å². The van der Waals surface area contributed by atoms with Crippen molar-refractivity contribution >= 4 is 0 Å². The van der Waals surface area contributed by atoms with Gasteiger partial charge in [0.05, 0.1) is 0 Å². The molecule has 2 saturated heterocycles. The highest BCUT2D eigenvalue weighted by molar-refractivity contribution is 5.29. The van der Waals surface area contributed by atoms with Gasteiger partial charge in [0.2, 0.25) is 0 Å². The number of hydrogen-bond acceptors (Lipinski definition) is 4. The van der Waals surface area contributed by atoms with Crippen LogP contribution in [-0.4, -0.2) is 53.2 Å². The topological polar surface area (TPSA) is 52.7 Å². The maximum atomic E-state index is 9.65. The highest BCUT2D eigenvalue weighted by Gasteiger charge is 2.32. The molecular formula is C17H27N3O. The Morgan fingerprint density at radius 1 is 1.19 bits per heavy atom. The summed E-state index contributed by atoms with van der Waals surface area (Å²) in [6, 6.07) is 9.12. The van der Waals surface area contributed by atoms with Crippen LogP contribution in [0.15, 0.2) is 24.3 Å². The molecule has 2 fully saturated rings. The van der Waals surface area contributed by atoms with E-state index in [1.807, 2.05) is 12.1 Å². The molecule has 1 aromatic rings. The lowest BCUT2D eigenvalue weighted by Gasteiger charge is -2.35. The standard InChI is InChI=1S/C17H27N3O/c1-13(14-3-2-4-17(21)11-14)20-10-7-16(12-20)19-8-5-15(18)6-9-19/h2-4,11,13,15-16,21H,5-10,12,18H2,1H3. The minimum absolute atomic E-state index is 0.361. The Hall–Kier alpha value is -1.10. The number of benzene rings is 1. The van der Waals surface area contributed by atoms with Crippen LogP contribution < -0.4 is 5.73 Å². The van der Waals surface area contributed by atoms with E-state index in [1.165, 1.54) is 12.0 Å². The van der Waals surface area contributed by atoms with Crippen molar-refractivity contribution < 1.29 is 5.11 Å². The first kappa shape index (κ1) is 14.8. The smallest absolute Gasteiger partial charge is 0.115 e. The monoisotopic (exact) mass is 289 g/mol. The van der Waals surface area contributed by atoms with Crippen molar-refractivity contribution in [2.45, 2.75) is 44.3 Å². The van der Waals surface area contributed by atoms with E-state index < -0.39 is 0 Å². The summed E-state index contributed by atoms with van der Waals surface area (Å²) in [5.41, 5.74) is 7.21. The lowest BCUT2D eigenvalue weighted by Crippen LogP contribution is -2.46. The van der Waals surface area contributed by atoms with E-state index in [1.54, 1.807) is 6.07 Å². The molecule has 0 amide bonds. The second-order valence-corrected chi connectivity index (χ2v) is 6.58. The third-order valence-corrected chi connectivity index (χ3v) is 5.19. The molecule has 1 aromatic carbocycles. The largest absolute Gasteiger partial charge is 0.508 e. The first-order valence-corrected chi connectivity index (χ1v) is 8.16. The Balaban J connectivity index is 1.59. The molecule has 2 atom stereocenters. The van der Waals surface area contributed by atoms with Crippen molar-refractivity contribution in [1.29, 1.82) is 0 Å². The molecule has 4 heteroatoms. The number of phenols is 1. The van der Waals surface area contributed by atoms with Crippen molar-refractivity contribution in [3.63, 3.8) is 0 Å². The molecule has 2 heterocycles. The van der Waals surface area contributed by atoms with Crippen LogP contribution in [0.5, 0.6) is 5.75 Å². The van der Waals surface area contributed by atoms with Crippen LogP contribution in [0.4, 0.5) is 0 Å². The van der Waals surface area contributed by atoms with Gasteiger partial charge in [0.15, 0.2) is 0 Å². The Morgan fingerprint density at radius 3 is 2.67 bits per heavy atom. The van der Waals surface area contributed by atoms with E-state index in [9.17, 15) is 5.11 Å². The Kier molecular flexibility index (Phi) is 4.48. The summed E-state index contributed by atoms with van der Waals surface area (Å²) in [4.78, 5) is 5.16. The van der Waals surface area contributed by atoms with Crippen LogP contribution in [-0.2, 0) is 0 Å². The zero-order valence-electron chi connectivity index (χ0n) is 12.9. The van der Waals surface area contributed by atoms with Gasteiger partial charge in [0.1, 0.15) is 5.75 Å². The number of hydrogen-bond donors (Lipinski definition) is 2. The zero-order chi connectivity index (χ0) is 14.8. The minimum atomic E-state index is 0.361. The van der Waals surface area contributed by atoms with Crippen molar-refractivity contribution in [1.82, 2.24) is 9.80 Å². The fraction of sp³-hybridized carbons (Fsp3) is 0.647. The molecule has 0 saturated carbocycles. The number of rotatable bonds is 3. The molecule has 0 aromatic heterocycles. The summed E-state index contributed by atoms with van der Waals surface area (Å²) in [5.74, 6) is 0.361. The number of likely N-dealkylation sites (tertiary alicyclic amines) is 2. The highest BCUT2D eigenvalue weighted by atomic mass is 16.3. The van der Waals surface area contributed by atoms with Gasteiger partial charge in [-0.1, -0.05) is 12.1 Å². The molecule has 2 aliphatic heterocycles. The van der Waals surface area contributed by atoms with Gasteiger partial charge in [0.25, 0.3) is 0 Å². The van der Waals surface area contributed by atoms with E-state index in [0.717, 1.165) is 39.0 Å². The van der Waals surface area contributed by atoms with Gasteiger partial charge in [-0.15, -0.1) is 0 Å². The van der Waals surface area contributed by atoms with Crippen LogP contribution >= 0.6 is 0 Å². The van der Waals surface area contributed by atoms with Crippen LogP contribution in [0.25, 0.3) is 0 Å². The number of piperidine rings is 1. The SMILES string of the molecule is CC(c1cccc(O)c1)N1CCC(N2CCC(N)CC2)C1. The average molecular weight is 289 g/mol. The number of nitrogens with zero attached hydrogens (tertiary/aromatic N) is 2. The minimum Gasteiger partial charge on any atom is -0.508 e. The van der Waals surface area contributed by atoms with E-state index in [2.05, 4.69) is 22.8 Å². The highest BCUT2D eigenvalue weighted by Crippen LogP contribution is 2.29. The molecule has 3 rings (SSSR count). The van der Waals surface area contributed by atoms with Crippen LogP contribution in [0.2, 0.25) is 0 Å². The van der Waals surface area contributed by atoms with Crippen LogP contribution in [0, 0.1) is 0 Å². The van der Waals surface area contributed by atoms with Crippen molar-refractivity contribution in [3.8, 4) is 5.75 Å². The Morgan fingerprint density at radius 2 is 1.95 bits per heavy atom. The lowest BCUT2D eigenvalue weighted by atomic mass is 10.0. The normalized spacial score (nSPS) is 27.0. The van der Waals surface area contributed by atoms with Gasteiger partial charge in [-0.3, -0.25) is 9.80 Å². The molecule has 2 unspecified atom stereocenters. The van der Waals surface area contributed by atoms with Gasteiger partial charge in [0, 0.05) is 31.2 Å². The third-order valence-electron chi connectivity index (χ3n) is 5.19. The molecule has 3 N–H and O–H groups in total. The molecule has 21 heavy (non-hydrogen) atoms. The molecule has 0 radical (unpaired) electrons. The van der Waals surface area contributed by atoms with Crippen molar-refractivity contribution in [2.75, 3.05) is 26.2 Å². The predicted octanol–water partition coefficient (Wildman–Crippen LogP) is 1.95. The van der Waals surface area contributed by atoms with E-state index in [-0.39, 0.29) is 0 Å². The van der Waals surface area contributed by atoms with Gasteiger partial charge in [-0.05, 0) is 57.0 Å². The summed E-state index contributed by atoms with van der Waals surface area (Å²) in [5, 5.41) is 9.65. The Bertz CT molecular complexity index is 471. The molecule has 4 nitrogen and oxygen atoms in total. The van der Waals surface area contributed by atoms with Crippen LogP contribution in [0.1, 0.15) is 37.8 Å². The fourth-order valence-corrected chi connectivity index (χ4v) is 3.70. The maximum absolute atomic E-state index is 9.65. The quantitative estimate of drug-likeness (QED) is 0.893. The molecule has 2 aliphatic rings.